The molecule has 1 N–H and O–H groups in total. The number of halogens is 1. The van der Waals surface area contributed by atoms with Gasteiger partial charge in [0, 0.05) is 6.04 Å². The van der Waals surface area contributed by atoms with E-state index in [1.807, 2.05) is 18.7 Å². The Labute approximate surface area is 79.2 Å². The van der Waals surface area contributed by atoms with Crippen LogP contribution in [-0.4, -0.2) is 34.6 Å². The molecule has 0 aromatic rings. The minimum atomic E-state index is -0.670. The molecule has 1 atom stereocenters. The van der Waals surface area contributed by atoms with Crippen LogP contribution in [-0.2, 0) is 4.79 Å². The van der Waals surface area contributed by atoms with Crippen molar-refractivity contribution in [3.63, 3.8) is 0 Å². The molecule has 12 heavy (non-hydrogen) atoms. The topological polar surface area (TPSA) is 40.5 Å². The Bertz CT molecular complexity index is 161. The molecule has 0 aromatic carbocycles. The fourth-order valence-corrected chi connectivity index (χ4v) is 1.67. The van der Waals surface area contributed by atoms with Gasteiger partial charge in [-0.3, -0.25) is 9.69 Å². The number of hydrogen-bond donors (Lipinski definition) is 1. The van der Waals surface area contributed by atoms with Gasteiger partial charge in [0.25, 0.3) is 0 Å². The van der Waals surface area contributed by atoms with Gasteiger partial charge >= 0.3 is 5.97 Å². The molecule has 1 fully saturated rings. The third-order valence-corrected chi connectivity index (χ3v) is 2.24. The Morgan fingerprint density at radius 1 is 1.58 bits per heavy atom. The minimum Gasteiger partial charge on any atom is -0.480 e. The maximum absolute atomic E-state index is 10.7. The molecule has 1 aliphatic rings. The Kier molecular flexibility index (Phi) is 4.57. The van der Waals surface area contributed by atoms with Crippen LogP contribution in [0.15, 0.2) is 0 Å². The molecule has 1 heterocycles. The lowest BCUT2D eigenvalue weighted by Crippen LogP contribution is -2.40. The summed E-state index contributed by atoms with van der Waals surface area (Å²) in [6.07, 6.45) is 1.84. The van der Waals surface area contributed by atoms with Crippen molar-refractivity contribution in [3.8, 4) is 0 Å². The van der Waals surface area contributed by atoms with Crippen molar-refractivity contribution >= 4 is 18.4 Å². The molecule has 0 aromatic heterocycles. The molecule has 0 bridgehead atoms. The average Bonchev–Trinajstić information content (AvgIpc) is 2.32. The number of nitrogens with zero attached hydrogens (tertiary/aromatic N) is 1. The summed E-state index contributed by atoms with van der Waals surface area (Å²) in [5.74, 6) is -0.670. The third kappa shape index (κ3) is 2.35. The monoisotopic (exact) mass is 193 g/mol. The van der Waals surface area contributed by atoms with Crippen molar-refractivity contribution in [2.45, 2.75) is 38.8 Å². The summed E-state index contributed by atoms with van der Waals surface area (Å²) in [5, 5.41) is 8.79. The maximum atomic E-state index is 10.7. The fraction of sp³-hybridized carbons (Fsp3) is 0.875. The van der Waals surface area contributed by atoms with Gasteiger partial charge in [-0.2, -0.15) is 0 Å². The van der Waals surface area contributed by atoms with Gasteiger partial charge in [-0.15, -0.1) is 12.4 Å². The predicted octanol–water partition coefficient (Wildman–Crippen LogP) is 1.37. The third-order valence-electron chi connectivity index (χ3n) is 2.24. The van der Waals surface area contributed by atoms with Crippen molar-refractivity contribution < 1.29 is 9.90 Å². The van der Waals surface area contributed by atoms with Crippen LogP contribution in [0.4, 0.5) is 0 Å². The zero-order valence-electron chi connectivity index (χ0n) is 7.49. The quantitative estimate of drug-likeness (QED) is 0.720. The average molecular weight is 194 g/mol. The van der Waals surface area contributed by atoms with Crippen LogP contribution in [0, 0.1) is 0 Å². The molecule has 72 valence electrons. The lowest BCUT2D eigenvalue weighted by atomic mass is 10.2. The van der Waals surface area contributed by atoms with E-state index in [0.29, 0.717) is 6.04 Å². The van der Waals surface area contributed by atoms with Crippen molar-refractivity contribution in [1.29, 1.82) is 0 Å². The van der Waals surface area contributed by atoms with E-state index in [9.17, 15) is 4.79 Å². The highest BCUT2D eigenvalue weighted by molar-refractivity contribution is 5.85. The number of carboxylic acid groups (broad SMARTS) is 1. The van der Waals surface area contributed by atoms with Gasteiger partial charge in [0.05, 0.1) is 0 Å². The van der Waals surface area contributed by atoms with Gasteiger partial charge in [-0.25, -0.2) is 0 Å². The van der Waals surface area contributed by atoms with Crippen LogP contribution in [0.2, 0.25) is 0 Å². The largest absolute Gasteiger partial charge is 0.480 e. The minimum absolute atomic E-state index is 0. The van der Waals surface area contributed by atoms with Gasteiger partial charge in [-0.1, -0.05) is 0 Å². The van der Waals surface area contributed by atoms with E-state index < -0.39 is 5.97 Å². The first-order valence-corrected chi connectivity index (χ1v) is 4.11. The van der Waals surface area contributed by atoms with Crippen LogP contribution < -0.4 is 0 Å². The fourth-order valence-electron chi connectivity index (χ4n) is 1.67. The van der Waals surface area contributed by atoms with Gasteiger partial charge in [0.1, 0.15) is 6.04 Å². The summed E-state index contributed by atoms with van der Waals surface area (Å²) >= 11 is 0. The highest BCUT2D eigenvalue weighted by atomic mass is 35.5. The van der Waals surface area contributed by atoms with E-state index in [1.54, 1.807) is 0 Å². The van der Waals surface area contributed by atoms with Gasteiger partial charge in [-0.05, 0) is 33.2 Å². The number of carboxylic acids is 1. The summed E-state index contributed by atoms with van der Waals surface area (Å²) in [6, 6.07) is 0.133. The van der Waals surface area contributed by atoms with Crippen LogP contribution in [0.5, 0.6) is 0 Å². The Hall–Kier alpha value is -0.280. The number of carbonyl (C=O) groups is 1. The van der Waals surface area contributed by atoms with Crippen molar-refractivity contribution in [2.75, 3.05) is 6.54 Å². The molecule has 3 nitrogen and oxygen atoms in total. The summed E-state index contributed by atoms with van der Waals surface area (Å²) in [5.41, 5.74) is 0. The normalized spacial score (nSPS) is 24.1. The lowest BCUT2D eigenvalue weighted by molar-refractivity contribution is -0.142. The first-order chi connectivity index (χ1) is 5.13. The Morgan fingerprint density at radius 2 is 2.17 bits per heavy atom. The van der Waals surface area contributed by atoms with Crippen LogP contribution >= 0.6 is 12.4 Å². The second kappa shape index (κ2) is 4.67. The molecule has 0 saturated carbocycles. The molecule has 1 unspecified atom stereocenters. The smallest absolute Gasteiger partial charge is 0.320 e. The van der Waals surface area contributed by atoms with E-state index in [1.165, 1.54) is 0 Å². The molecule has 1 rings (SSSR count). The SMILES string of the molecule is CC(C)N1CCCC1C(=O)O.Cl. The van der Waals surface area contributed by atoms with E-state index in [-0.39, 0.29) is 18.4 Å². The first-order valence-electron chi connectivity index (χ1n) is 4.11. The zero-order chi connectivity index (χ0) is 8.43. The lowest BCUT2D eigenvalue weighted by Gasteiger charge is -2.24. The molecule has 0 radical (unpaired) electrons. The van der Waals surface area contributed by atoms with Gasteiger partial charge in [0.2, 0.25) is 0 Å². The summed E-state index contributed by atoms with van der Waals surface area (Å²) < 4.78 is 0. The zero-order valence-corrected chi connectivity index (χ0v) is 8.30. The highest BCUT2D eigenvalue weighted by Gasteiger charge is 2.31. The molecule has 1 aliphatic heterocycles. The first kappa shape index (κ1) is 11.7. The highest BCUT2D eigenvalue weighted by Crippen LogP contribution is 2.19. The Morgan fingerprint density at radius 3 is 2.50 bits per heavy atom. The number of likely N-dealkylation sites (tertiary alicyclic amines) is 1. The number of rotatable bonds is 2. The number of hydrogen-bond acceptors (Lipinski definition) is 2. The van der Waals surface area contributed by atoms with E-state index in [2.05, 4.69) is 0 Å². The molecule has 4 heteroatoms. The predicted molar refractivity (Wildman–Crippen MR) is 49.7 cm³/mol. The van der Waals surface area contributed by atoms with Crippen molar-refractivity contribution in [2.24, 2.45) is 0 Å². The van der Waals surface area contributed by atoms with E-state index in [0.717, 1.165) is 19.4 Å². The second-order valence-electron chi connectivity index (χ2n) is 3.33. The standard InChI is InChI=1S/C8H15NO2.ClH/c1-6(2)9-5-3-4-7(9)8(10)11;/h6-7H,3-5H2,1-2H3,(H,10,11);1H. The summed E-state index contributed by atoms with van der Waals surface area (Å²) in [4.78, 5) is 12.7. The summed E-state index contributed by atoms with van der Waals surface area (Å²) in [7, 11) is 0. The molecule has 0 spiro atoms. The van der Waals surface area contributed by atoms with Gasteiger partial charge in [0.15, 0.2) is 0 Å². The Balaban J connectivity index is 0.00000121. The molecular formula is C8H16ClNO2. The van der Waals surface area contributed by atoms with Crippen LogP contribution in [0.25, 0.3) is 0 Å². The van der Waals surface area contributed by atoms with Crippen LogP contribution in [0.1, 0.15) is 26.7 Å². The van der Waals surface area contributed by atoms with Crippen molar-refractivity contribution in [1.82, 2.24) is 4.90 Å². The van der Waals surface area contributed by atoms with E-state index >= 15 is 0 Å². The van der Waals surface area contributed by atoms with Gasteiger partial charge < -0.3 is 5.11 Å². The van der Waals surface area contributed by atoms with Crippen LogP contribution in [0.3, 0.4) is 0 Å². The number of aliphatic carboxylic acids is 1. The van der Waals surface area contributed by atoms with Crippen molar-refractivity contribution in [3.05, 3.63) is 0 Å². The van der Waals surface area contributed by atoms with E-state index in [4.69, 9.17) is 5.11 Å². The summed E-state index contributed by atoms with van der Waals surface area (Å²) in [6.45, 7) is 5.02. The molecule has 0 aliphatic carbocycles. The molecular weight excluding hydrogens is 178 g/mol. The maximum Gasteiger partial charge on any atom is 0.320 e. The molecule has 1 saturated heterocycles. The second-order valence-corrected chi connectivity index (χ2v) is 3.33. The molecule has 0 amide bonds.